The number of ether oxygens (including phenoxy) is 2. The molecule has 0 amide bonds. The molecule has 1 aliphatic rings. The van der Waals surface area contributed by atoms with Crippen LogP contribution in [-0.4, -0.2) is 50.0 Å². The molecule has 156 valence electrons. The minimum atomic E-state index is -3.97. The lowest BCUT2D eigenvalue weighted by molar-refractivity contribution is -0.153. The van der Waals surface area contributed by atoms with Crippen molar-refractivity contribution in [2.75, 3.05) is 25.7 Å². The van der Waals surface area contributed by atoms with Crippen molar-refractivity contribution >= 4 is 27.8 Å². The summed E-state index contributed by atoms with van der Waals surface area (Å²) >= 11 is 1.71. The monoisotopic (exact) mass is 435 g/mol. The molecule has 3 rings (SSSR count). The Morgan fingerprint density at radius 3 is 2.21 bits per heavy atom. The van der Waals surface area contributed by atoms with E-state index >= 15 is 0 Å². The number of carbonyl (C=O) groups excluding carboxylic acids is 1. The highest BCUT2D eigenvalue weighted by Crippen LogP contribution is 2.38. The van der Waals surface area contributed by atoms with E-state index in [0.29, 0.717) is 30.1 Å². The van der Waals surface area contributed by atoms with Crippen LogP contribution in [0.1, 0.15) is 18.4 Å². The number of rotatable bonds is 7. The maximum atomic E-state index is 13.7. The molecule has 0 spiro atoms. The molecule has 1 fully saturated rings. The lowest BCUT2D eigenvalue weighted by Crippen LogP contribution is -2.58. The summed E-state index contributed by atoms with van der Waals surface area (Å²) in [6.07, 6.45) is 0.819. The number of carbonyl (C=O) groups is 1. The fourth-order valence-corrected chi connectivity index (χ4v) is 6.48. The third-order valence-corrected chi connectivity index (χ3v) is 8.09. The third kappa shape index (κ3) is 4.44. The molecule has 0 atom stereocenters. The van der Waals surface area contributed by atoms with E-state index in [1.165, 1.54) is 30.7 Å². The van der Waals surface area contributed by atoms with Gasteiger partial charge in [0, 0.05) is 6.54 Å². The summed E-state index contributed by atoms with van der Waals surface area (Å²) in [5.41, 5.74) is -0.416. The summed E-state index contributed by atoms with van der Waals surface area (Å²) in [5.74, 6) is 1.44. The van der Waals surface area contributed by atoms with Gasteiger partial charge in [0.2, 0.25) is 10.0 Å². The molecule has 0 aromatic heterocycles. The Balaban J connectivity index is 2.11. The summed E-state index contributed by atoms with van der Waals surface area (Å²) in [6.45, 7) is 0.0922. The van der Waals surface area contributed by atoms with Crippen LogP contribution < -0.4 is 4.74 Å². The molecule has 29 heavy (non-hydrogen) atoms. The molecular weight excluding hydrogens is 410 g/mol. The highest BCUT2D eigenvalue weighted by Gasteiger charge is 2.51. The number of hydrogen-bond acceptors (Lipinski definition) is 6. The number of sulfonamides is 1. The van der Waals surface area contributed by atoms with Crippen molar-refractivity contribution < 1.29 is 22.7 Å². The Morgan fingerprint density at radius 2 is 1.66 bits per heavy atom. The van der Waals surface area contributed by atoms with Crippen molar-refractivity contribution in [3.8, 4) is 5.75 Å². The van der Waals surface area contributed by atoms with E-state index < -0.39 is 21.5 Å². The van der Waals surface area contributed by atoms with E-state index in [1.807, 2.05) is 30.3 Å². The zero-order valence-corrected chi connectivity index (χ0v) is 18.2. The minimum Gasteiger partial charge on any atom is -0.497 e. The van der Waals surface area contributed by atoms with Gasteiger partial charge in [-0.05, 0) is 54.2 Å². The van der Waals surface area contributed by atoms with Gasteiger partial charge in [-0.15, -0.1) is 0 Å². The van der Waals surface area contributed by atoms with Gasteiger partial charge in [0.15, 0.2) is 0 Å². The van der Waals surface area contributed by atoms with Gasteiger partial charge in [0.05, 0.1) is 19.1 Å². The van der Waals surface area contributed by atoms with Crippen LogP contribution in [0, 0.1) is 0 Å². The second kappa shape index (κ2) is 9.19. The number of nitrogens with zero attached hydrogens (tertiary/aromatic N) is 1. The van der Waals surface area contributed by atoms with Crippen molar-refractivity contribution in [2.45, 2.75) is 29.8 Å². The van der Waals surface area contributed by atoms with E-state index in [4.69, 9.17) is 9.47 Å². The van der Waals surface area contributed by atoms with Crippen LogP contribution in [-0.2, 0) is 26.1 Å². The number of benzene rings is 2. The average molecular weight is 436 g/mol. The van der Waals surface area contributed by atoms with Crippen molar-refractivity contribution in [3.05, 3.63) is 60.2 Å². The van der Waals surface area contributed by atoms with Gasteiger partial charge in [-0.3, -0.25) is 4.79 Å². The highest BCUT2D eigenvalue weighted by molar-refractivity contribution is 7.99. The zero-order valence-electron chi connectivity index (χ0n) is 16.5. The molecule has 0 bridgehead atoms. The summed E-state index contributed by atoms with van der Waals surface area (Å²) < 4.78 is 39.0. The molecule has 0 N–H and O–H groups in total. The topological polar surface area (TPSA) is 72.9 Å². The fraction of sp³-hybridized carbons (Fsp3) is 0.381. The average Bonchev–Trinajstić information content (AvgIpc) is 2.78. The van der Waals surface area contributed by atoms with Crippen LogP contribution in [0.3, 0.4) is 0 Å². The second-order valence-electron chi connectivity index (χ2n) is 6.81. The first-order valence-corrected chi connectivity index (χ1v) is 11.9. The molecular formula is C21H25NO5S2. The Hall–Kier alpha value is -2.03. The van der Waals surface area contributed by atoms with Crippen LogP contribution in [0.5, 0.6) is 5.75 Å². The molecule has 1 saturated heterocycles. The lowest BCUT2D eigenvalue weighted by atomic mass is 9.91. The first-order chi connectivity index (χ1) is 13.9. The summed E-state index contributed by atoms with van der Waals surface area (Å²) in [5, 5.41) is 0. The van der Waals surface area contributed by atoms with Crippen LogP contribution in [0.2, 0.25) is 0 Å². The van der Waals surface area contributed by atoms with Crippen molar-refractivity contribution in [3.63, 3.8) is 0 Å². The van der Waals surface area contributed by atoms with Crippen molar-refractivity contribution in [2.24, 2.45) is 0 Å². The molecule has 1 heterocycles. The quantitative estimate of drug-likeness (QED) is 0.621. The van der Waals surface area contributed by atoms with Gasteiger partial charge in [0.25, 0.3) is 0 Å². The second-order valence-corrected chi connectivity index (χ2v) is 9.90. The standard InChI is InChI=1S/C21H25NO5S2/c1-26-18-8-10-19(11-9-18)29(24,25)22(16-17-6-4-3-5-7-17)21(20(23)27-2)12-14-28-15-13-21/h3-11H,12-16H2,1-2H3. The van der Waals surface area contributed by atoms with Crippen LogP contribution in [0.15, 0.2) is 59.5 Å². The van der Waals surface area contributed by atoms with Gasteiger partial charge in [-0.1, -0.05) is 30.3 Å². The molecule has 2 aromatic carbocycles. The number of hydrogen-bond donors (Lipinski definition) is 0. The van der Waals surface area contributed by atoms with E-state index in [9.17, 15) is 13.2 Å². The fourth-order valence-electron chi connectivity index (χ4n) is 3.54. The first kappa shape index (κ1) is 21.7. The maximum Gasteiger partial charge on any atom is 0.327 e. The van der Waals surface area contributed by atoms with E-state index in [2.05, 4.69) is 0 Å². The molecule has 1 aliphatic heterocycles. The largest absolute Gasteiger partial charge is 0.497 e. The molecule has 0 aliphatic carbocycles. The smallest absolute Gasteiger partial charge is 0.327 e. The van der Waals surface area contributed by atoms with Gasteiger partial charge in [-0.25, -0.2) is 8.42 Å². The minimum absolute atomic E-state index is 0.0922. The van der Waals surface area contributed by atoms with E-state index in [0.717, 1.165) is 5.56 Å². The zero-order chi connectivity index (χ0) is 20.9. The molecule has 6 nitrogen and oxygen atoms in total. The third-order valence-electron chi connectivity index (χ3n) is 5.18. The predicted octanol–water partition coefficient (Wildman–Crippen LogP) is 3.32. The Morgan fingerprint density at radius 1 is 1.03 bits per heavy atom. The Bertz CT molecular complexity index is 923. The predicted molar refractivity (Wildman–Crippen MR) is 113 cm³/mol. The molecule has 2 aromatic rings. The van der Waals surface area contributed by atoms with E-state index in [1.54, 1.807) is 23.9 Å². The molecule has 0 unspecified atom stereocenters. The summed E-state index contributed by atoms with van der Waals surface area (Å²) in [6, 6.07) is 15.5. The Kier molecular flexibility index (Phi) is 6.87. The molecule has 0 saturated carbocycles. The number of esters is 1. The molecule has 8 heteroatoms. The summed E-state index contributed by atoms with van der Waals surface area (Å²) in [7, 11) is -1.13. The lowest BCUT2D eigenvalue weighted by Gasteiger charge is -2.42. The van der Waals surface area contributed by atoms with Crippen molar-refractivity contribution in [1.82, 2.24) is 4.31 Å². The Labute approximate surface area is 176 Å². The first-order valence-electron chi connectivity index (χ1n) is 9.31. The van der Waals surface area contributed by atoms with Crippen molar-refractivity contribution in [1.29, 1.82) is 0 Å². The molecule has 0 radical (unpaired) electrons. The number of thioether (sulfide) groups is 1. The van der Waals surface area contributed by atoms with Gasteiger partial charge in [-0.2, -0.15) is 16.1 Å². The van der Waals surface area contributed by atoms with Crippen LogP contribution in [0.4, 0.5) is 0 Å². The van der Waals surface area contributed by atoms with Gasteiger partial charge >= 0.3 is 5.97 Å². The van der Waals surface area contributed by atoms with Crippen LogP contribution >= 0.6 is 11.8 Å². The SMILES string of the molecule is COC(=O)C1(N(Cc2ccccc2)S(=O)(=O)c2ccc(OC)cc2)CCSCC1. The normalized spacial score (nSPS) is 16.4. The number of methoxy groups -OCH3 is 2. The van der Waals surface area contributed by atoms with Gasteiger partial charge < -0.3 is 9.47 Å². The van der Waals surface area contributed by atoms with E-state index in [-0.39, 0.29) is 11.4 Å². The summed E-state index contributed by atoms with van der Waals surface area (Å²) in [4.78, 5) is 13.1. The maximum absolute atomic E-state index is 13.7. The van der Waals surface area contributed by atoms with Gasteiger partial charge in [0.1, 0.15) is 11.3 Å². The highest BCUT2D eigenvalue weighted by atomic mass is 32.2. The van der Waals surface area contributed by atoms with Crippen LogP contribution in [0.25, 0.3) is 0 Å².